The zero-order chi connectivity index (χ0) is 23.2. The number of benzene rings is 2. The summed E-state index contributed by atoms with van der Waals surface area (Å²) in [5.74, 6) is 3.02. The largest absolute Gasteiger partial charge is 0.486 e. The smallest absolute Gasteiger partial charge is 0.237 e. The second kappa shape index (κ2) is 10.6. The van der Waals surface area contributed by atoms with E-state index in [2.05, 4.69) is 57.8 Å². The van der Waals surface area contributed by atoms with Crippen LogP contribution in [0.2, 0.25) is 0 Å². The number of aromatic nitrogens is 5. The lowest BCUT2D eigenvalue weighted by Gasteiger charge is -2.13. The van der Waals surface area contributed by atoms with Crippen molar-refractivity contribution in [2.45, 2.75) is 51.3 Å². The van der Waals surface area contributed by atoms with Crippen molar-refractivity contribution in [3.63, 3.8) is 0 Å². The zero-order valence-corrected chi connectivity index (χ0v) is 19.7. The van der Waals surface area contributed by atoms with Gasteiger partial charge < -0.3 is 13.8 Å². The Morgan fingerprint density at radius 3 is 2.52 bits per heavy atom. The highest BCUT2D eigenvalue weighted by Crippen LogP contribution is 2.25. The zero-order valence-electron chi connectivity index (χ0n) is 18.9. The monoisotopic (exact) mass is 467 g/mol. The van der Waals surface area contributed by atoms with E-state index < -0.39 is 0 Å². The second-order valence-electron chi connectivity index (χ2n) is 8.00. The van der Waals surface area contributed by atoms with E-state index in [1.54, 1.807) is 12.1 Å². The summed E-state index contributed by atoms with van der Waals surface area (Å²) >= 11 is 1.48. The molecule has 2 aromatic heterocycles. The Labute approximate surface area is 196 Å². The maximum absolute atomic E-state index is 13.1. The van der Waals surface area contributed by atoms with Crippen molar-refractivity contribution < 1.29 is 13.7 Å². The molecule has 7 nitrogen and oxygen atoms in total. The predicted octanol–water partition coefficient (Wildman–Crippen LogP) is 5.56. The Balaban J connectivity index is 1.42. The first kappa shape index (κ1) is 23.0. The number of thioether (sulfide) groups is 1. The van der Waals surface area contributed by atoms with Crippen molar-refractivity contribution in [3.05, 3.63) is 71.6 Å². The normalized spacial score (nSPS) is 11.3. The Bertz CT molecular complexity index is 1170. The highest BCUT2D eigenvalue weighted by atomic mass is 32.2. The SMILES string of the molecule is CCc1ccc(OCc2nnc(SCc3nc(-c4ccc(F)cc4)no3)n2CC(C)C)cc1. The van der Waals surface area contributed by atoms with E-state index in [0.29, 0.717) is 35.6 Å². The minimum absolute atomic E-state index is 0.305. The molecule has 4 rings (SSSR count). The topological polar surface area (TPSA) is 78.9 Å². The van der Waals surface area contributed by atoms with Gasteiger partial charge in [0.1, 0.15) is 18.2 Å². The van der Waals surface area contributed by atoms with Crippen LogP contribution in [0.15, 0.2) is 58.2 Å². The molecule has 0 N–H and O–H groups in total. The summed E-state index contributed by atoms with van der Waals surface area (Å²) in [5.41, 5.74) is 1.97. The minimum Gasteiger partial charge on any atom is -0.486 e. The molecule has 172 valence electrons. The van der Waals surface area contributed by atoms with Crippen LogP contribution >= 0.6 is 11.8 Å². The van der Waals surface area contributed by atoms with Gasteiger partial charge >= 0.3 is 0 Å². The summed E-state index contributed by atoms with van der Waals surface area (Å²) in [6.45, 7) is 7.53. The molecule has 0 aliphatic carbocycles. The van der Waals surface area contributed by atoms with Crippen LogP contribution in [0.3, 0.4) is 0 Å². The van der Waals surface area contributed by atoms with Gasteiger partial charge in [-0.1, -0.05) is 49.8 Å². The molecule has 33 heavy (non-hydrogen) atoms. The average molecular weight is 468 g/mol. The van der Waals surface area contributed by atoms with Crippen LogP contribution in [-0.2, 0) is 25.3 Å². The van der Waals surface area contributed by atoms with Crippen LogP contribution in [0.4, 0.5) is 4.39 Å². The first-order valence-electron chi connectivity index (χ1n) is 10.9. The van der Waals surface area contributed by atoms with Gasteiger partial charge in [-0.25, -0.2) is 4.39 Å². The van der Waals surface area contributed by atoms with E-state index in [1.165, 1.54) is 29.5 Å². The van der Waals surface area contributed by atoms with Crippen LogP contribution in [-0.4, -0.2) is 24.9 Å². The van der Waals surface area contributed by atoms with E-state index >= 15 is 0 Å². The van der Waals surface area contributed by atoms with Gasteiger partial charge in [0, 0.05) is 12.1 Å². The molecule has 0 unspecified atom stereocenters. The Hall–Kier alpha value is -3.20. The molecule has 0 atom stereocenters. The quantitative estimate of drug-likeness (QED) is 0.283. The highest BCUT2D eigenvalue weighted by molar-refractivity contribution is 7.98. The van der Waals surface area contributed by atoms with E-state index in [1.807, 2.05) is 12.1 Å². The maximum Gasteiger partial charge on any atom is 0.237 e. The van der Waals surface area contributed by atoms with Gasteiger partial charge in [0.05, 0.1) is 5.75 Å². The minimum atomic E-state index is -0.305. The molecule has 2 aromatic carbocycles. The van der Waals surface area contributed by atoms with Crippen molar-refractivity contribution in [1.82, 2.24) is 24.9 Å². The van der Waals surface area contributed by atoms with Crippen molar-refractivity contribution in [3.8, 4) is 17.1 Å². The molecule has 2 heterocycles. The number of rotatable bonds is 10. The summed E-state index contributed by atoms with van der Waals surface area (Å²) in [7, 11) is 0. The molecule has 0 aliphatic rings. The lowest BCUT2D eigenvalue weighted by Crippen LogP contribution is -2.12. The molecular formula is C24H26FN5O2S. The van der Waals surface area contributed by atoms with Crippen LogP contribution in [0.25, 0.3) is 11.4 Å². The molecule has 0 saturated heterocycles. The Morgan fingerprint density at radius 2 is 1.82 bits per heavy atom. The van der Waals surface area contributed by atoms with Crippen molar-refractivity contribution in [2.24, 2.45) is 5.92 Å². The first-order valence-corrected chi connectivity index (χ1v) is 11.9. The predicted molar refractivity (Wildman–Crippen MR) is 124 cm³/mol. The van der Waals surface area contributed by atoms with Gasteiger partial charge in [-0.15, -0.1) is 10.2 Å². The molecule has 0 bridgehead atoms. The van der Waals surface area contributed by atoms with E-state index in [-0.39, 0.29) is 5.82 Å². The van der Waals surface area contributed by atoms with Gasteiger partial charge in [0.2, 0.25) is 11.7 Å². The highest BCUT2D eigenvalue weighted by Gasteiger charge is 2.17. The molecule has 0 amide bonds. The van der Waals surface area contributed by atoms with Crippen molar-refractivity contribution >= 4 is 11.8 Å². The molecule has 9 heteroatoms. The van der Waals surface area contributed by atoms with Gasteiger partial charge in [-0.05, 0) is 54.3 Å². The number of hydrogen-bond acceptors (Lipinski definition) is 7. The summed E-state index contributed by atoms with van der Waals surface area (Å²) in [4.78, 5) is 4.41. The number of halogens is 1. The molecule has 0 fully saturated rings. The third-order valence-corrected chi connectivity index (χ3v) is 5.89. The van der Waals surface area contributed by atoms with Gasteiger partial charge in [-0.2, -0.15) is 4.98 Å². The average Bonchev–Trinajstić information content (AvgIpc) is 3.44. The third-order valence-electron chi connectivity index (χ3n) is 4.94. The fourth-order valence-electron chi connectivity index (χ4n) is 3.21. The van der Waals surface area contributed by atoms with Crippen molar-refractivity contribution in [2.75, 3.05) is 0 Å². The van der Waals surface area contributed by atoms with Crippen molar-refractivity contribution in [1.29, 1.82) is 0 Å². The molecule has 0 aliphatic heterocycles. The van der Waals surface area contributed by atoms with Crippen LogP contribution in [0.5, 0.6) is 5.75 Å². The summed E-state index contributed by atoms with van der Waals surface area (Å²) in [6.07, 6.45) is 0.995. The van der Waals surface area contributed by atoms with E-state index in [9.17, 15) is 4.39 Å². The lowest BCUT2D eigenvalue weighted by molar-refractivity contribution is 0.284. The number of hydrogen-bond donors (Lipinski definition) is 0. The summed E-state index contributed by atoms with van der Waals surface area (Å²) < 4.78 is 26.5. The molecule has 0 spiro atoms. The number of aryl methyl sites for hydroxylation is 1. The second-order valence-corrected chi connectivity index (χ2v) is 8.94. The Morgan fingerprint density at radius 1 is 1.06 bits per heavy atom. The first-order chi connectivity index (χ1) is 16.0. The molecule has 0 radical (unpaired) electrons. The Kier molecular flexibility index (Phi) is 7.39. The van der Waals surface area contributed by atoms with Crippen LogP contribution in [0.1, 0.15) is 38.0 Å². The standard InChI is InChI=1S/C24H26FN5O2S/c1-4-17-5-11-20(12-6-17)31-14-21-27-28-24(30(21)13-16(2)3)33-15-22-26-23(29-32-22)18-7-9-19(25)10-8-18/h5-12,16H,4,13-15H2,1-3H3. The van der Waals surface area contributed by atoms with Gasteiger partial charge in [-0.3, -0.25) is 0 Å². The van der Waals surface area contributed by atoms with Crippen LogP contribution < -0.4 is 4.74 Å². The molecule has 0 saturated carbocycles. The summed E-state index contributed by atoms with van der Waals surface area (Å²) in [6, 6.07) is 14.1. The number of nitrogens with zero attached hydrogens (tertiary/aromatic N) is 5. The number of ether oxygens (including phenoxy) is 1. The molecule has 4 aromatic rings. The fourth-order valence-corrected chi connectivity index (χ4v) is 4.01. The lowest BCUT2D eigenvalue weighted by atomic mass is 10.2. The van der Waals surface area contributed by atoms with Crippen LogP contribution in [0, 0.1) is 11.7 Å². The molecular weight excluding hydrogens is 441 g/mol. The third kappa shape index (κ3) is 5.98. The summed E-state index contributed by atoms with van der Waals surface area (Å²) in [5, 5.41) is 13.5. The fraction of sp³-hybridized carbons (Fsp3) is 0.333. The maximum atomic E-state index is 13.1. The van der Waals surface area contributed by atoms with E-state index in [4.69, 9.17) is 9.26 Å². The van der Waals surface area contributed by atoms with Gasteiger partial charge in [0.15, 0.2) is 11.0 Å². The van der Waals surface area contributed by atoms with Gasteiger partial charge in [0.25, 0.3) is 0 Å². The van der Waals surface area contributed by atoms with E-state index in [0.717, 1.165) is 29.7 Å².